The number of carboxylic acids is 1. The molecular weight excluding hydrogens is 483 g/mol. The van der Waals surface area contributed by atoms with Crippen molar-refractivity contribution < 1.29 is 14.3 Å². The van der Waals surface area contributed by atoms with Gasteiger partial charge in [-0.15, -0.1) is 0 Å². The number of piperazine rings is 1. The van der Waals surface area contributed by atoms with E-state index in [1.807, 2.05) is 41.8 Å². The normalized spacial score (nSPS) is 14.3. The van der Waals surface area contributed by atoms with Crippen molar-refractivity contribution in [3.05, 3.63) is 88.9 Å². The lowest BCUT2D eigenvalue weighted by Crippen LogP contribution is -2.47. The first-order chi connectivity index (χ1) is 18.4. The van der Waals surface area contributed by atoms with Crippen LogP contribution in [0.5, 0.6) is 0 Å². The van der Waals surface area contributed by atoms with Crippen molar-refractivity contribution in [2.75, 3.05) is 41.3 Å². The minimum atomic E-state index is -1.01. The quantitative estimate of drug-likeness (QED) is 0.367. The molecule has 9 heteroatoms. The van der Waals surface area contributed by atoms with Crippen LogP contribution in [0.25, 0.3) is 11.0 Å². The van der Waals surface area contributed by atoms with E-state index >= 15 is 0 Å². The number of hydrogen-bond donors (Lipinski definition) is 2. The highest BCUT2D eigenvalue weighted by atomic mass is 19.1. The van der Waals surface area contributed by atoms with Gasteiger partial charge in [0, 0.05) is 37.4 Å². The van der Waals surface area contributed by atoms with Gasteiger partial charge in [-0.1, -0.05) is 30.3 Å². The third kappa shape index (κ3) is 4.81. The molecule has 4 aromatic rings. The molecule has 0 spiro atoms. The number of carboxylic acid groups (broad SMARTS) is 1. The molecule has 8 nitrogen and oxygen atoms in total. The number of aryl methyl sites for hydroxylation is 1. The molecule has 2 heterocycles. The van der Waals surface area contributed by atoms with Crippen LogP contribution < -0.4 is 15.1 Å². The number of anilines is 3. The van der Waals surface area contributed by atoms with Gasteiger partial charge in [0.1, 0.15) is 11.9 Å². The highest BCUT2D eigenvalue weighted by molar-refractivity contribution is 5.94. The van der Waals surface area contributed by atoms with Crippen LogP contribution in [0.4, 0.5) is 21.6 Å². The second kappa shape index (κ2) is 10.3. The SMILES string of the molecule is Cc1cc([C@@H](C)Nc2ccccc2C(=O)O)c2nc(N3CCN(c4ccccc4F)CC3)c(C#N)nc2c1. The fraction of sp³-hybridized carbons (Fsp3) is 0.241. The topological polar surface area (TPSA) is 105 Å². The van der Waals surface area contributed by atoms with Crippen LogP contribution in [0.3, 0.4) is 0 Å². The Labute approximate surface area is 220 Å². The average molecular weight is 511 g/mol. The smallest absolute Gasteiger partial charge is 0.337 e. The molecule has 5 rings (SSSR count). The number of para-hydroxylation sites is 2. The first-order valence-electron chi connectivity index (χ1n) is 12.4. The predicted octanol–water partition coefficient (Wildman–Crippen LogP) is 5.15. The molecule has 0 saturated carbocycles. The minimum Gasteiger partial charge on any atom is -0.478 e. The third-order valence-corrected chi connectivity index (χ3v) is 6.80. The lowest BCUT2D eigenvalue weighted by atomic mass is 10.0. The molecule has 1 aromatic heterocycles. The lowest BCUT2D eigenvalue weighted by Gasteiger charge is -2.37. The van der Waals surface area contributed by atoms with Crippen LogP contribution in [0.1, 0.15) is 40.1 Å². The Hall–Kier alpha value is -4.71. The van der Waals surface area contributed by atoms with Crippen LogP contribution >= 0.6 is 0 Å². The van der Waals surface area contributed by atoms with E-state index < -0.39 is 5.97 Å². The van der Waals surface area contributed by atoms with Gasteiger partial charge in [-0.2, -0.15) is 5.26 Å². The number of fused-ring (bicyclic) bond motifs is 1. The number of aromatic nitrogens is 2. The van der Waals surface area contributed by atoms with Gasteiger partial charge in [-0.05, 0) is 49.7 Å². The number of aromatic carboxylic acids is 1. The summed E-state index contributed by atoms with van der Waals surface area (Å²) >= 11 is 0. The predicted molar refractivity (Wildman–Crippen MR) is 145 cm³/mol. The molecule has 1 atom stereocenters. The van der Waals surface area contributed by atoms with Crippen molar-refractivity contribution in [2.24, 2.45) is 0 Å². The van der Waals surface area contributed by atoms with Crippen molar-refractivity contribution in [1.29, 1.82) is 5.26 Å². The van der Waals surface area contributed by atoms with Gasteiger partial charge in [-0.3, -0.25) is 0 Å². The molecule has 1 aliphatic heterocycles. The maximum atomic E-state index is 14.3. The zero-order valence-electron chi connectivity index (χ0n) is 21.1. The lowest BCUT2D eigenvalue weighted by molar-refractivity contribution is 0.0698. The largest absolute Gasteiger partial charge is 0.478 e. The zero-order chi connectivity index (χ0) is 26.8. The van der Waals surface area contributed by atoms with Crippen molar-refractivity contribution in [2.45, 2.75) is 19.9 Å². The number of hydrogen-bond acceptors (Lipinski definition) is 7. The van der Waals surface area contributed by atoms with Crippen LogP contribution in [-0.2, 0) is 0 Å². The Kier molecular flexibility index (Phi) is 6.79. The molecule has 0 aliphatic carbocycles. The summed E-state index contributed by atoms with van der Waals surface area (Å²) in [6.07, 6.45) is 0. The molecule has 0 unspecified atom stereocenters. The highest BCUT2D eigenvalue weighted by Gasteiger charge is 2.25. The number of carbonyl (C=O) groups is 1. The van der Waals surface area contributed by atoms with Gasteiger partial charge in [0.05, 0.1) is 28.3 Å². The summed E-state index contributed by atoms with van der Waals surface area (Å²) in [5, 5.41) is 22.8. The summed E-state index contributed by atoms with van der Waals surface area (Å²) in [6.45, 7) is 6.17. The summed E-state index contributed by atoms with van der Waals surface area (Å²) in [7, 11) is 0. The maximum Gasteiger partial charge on any atom is 0.337 e. The summed E-state index contributed by atoms with van der Waals surface area (Å²) in [6, 6.07) is 19.3. The summed E-state index contributed by atoms with van der Waals surface area (Å²) < 4.78 is 14.3. The van der Waals surface area contributed by atoms with Crippen molar-refractivity contribution in [3.63, 3.8) is 0 Å². The van der Waals surface area contributed by atoms with Gasteiger partial charge in [0.25, 0.3) is 0 Å². The molecular formula is C29H27FN6O2. The van der Waals surface area contributed by atoms with Gasteiger partial charge >= 0.3 is 5.97 Å². The number of nitrogens with zero attached hydrogens (tertiary/aromatic N) is 5. The summed E-state index contributed by atoms with van der Waals surface area (Å²) in [5.74, 6) is -0.767. The second-order valence-corrected chi connectivity index (χ2v) is 9.37. The second-order valence-electron chi connectivity index (χ2n) is 9.37. The fourth-order valence-electron chi connectivity index (χ4n) is 4.92. The molecule has 0 amide bonds. The average Bonchev–Trinajstić information content (AvgIpc) is 2.92. The number of benzene rings is 3. The van der Waals surface area contributed by atoms with E-state index in [4.69, 9.17) is 4.98 Å². The molecule has 1 fully saturated rings. The van der Waals surface area contributed by atoms with Gasteiger partial charge in [0.2, 0.25) is 0 Å². The minimum absolute atomic E-state index is 0.183. The van der Waals surface area contributed by atoms with Crippen LogP contribution in [-0.4, -0.2) is 47.2 Å². The van der Waals surface area contributed by atoms with E-state index in [9.17, 15) is 19.6 Å². The first kappa shape index (κ1) is 25.0. The molecule has 3 aromatic carbocycles. The Morgan fingerprint density at radius 2 is 1.74 bits per heavy atom. The maximum absolute atomic E-state index is 14.3. The van der Waals surface area contributed by atoms with Gasteiger partial charge in [-0.25, -0.2) is 19.2 Å². The molecule has 0 bridgehead atoms. The van der Waals surface area contributed by atoms with Crippen LogP contribution in [0.2, 0.25) is 0 Å². The Morgan fingerprint density at radius 1 is 1.05 bits per heavy atom. The van der Waals surface area contributed by atoms with Crippen LogP contribution in [0.15, 0.2) is 60.7 Å². The number of rotatable bonds is 6. The highest BCUT2D eigenvalue weighted by Crippen LogP contribution is 2.31. The van der Waals surface area contributed by atoms with E-state index in [1.54, 1.807) is 36.4 Å². The third-order valence-electron chi connectivity index (χ3n) is 6.80. The van der Waals surface area contributed by atoms with E-state index in [2.05, 4.69) is 16.4 Å². The zero-order valence-corrected chi connectivity index (χ0v) is 21.1. The Bertz CT molecular complexity index is 1560. The molecule has 38 heavy (non-hydrogen) atoms. The number of nitriles is 1. The van der Waals surface area contributed by atoms with Crippen molar-refractivity contribution in [3.8, 4) is 6.07 Å². The van der Waals surface area contributed by atoms with Crippen molar-refractivity contribution >= 4 is 34.2 Å². The standard InChI is InChI=1S/C29H27FN6O2/c1-18-15-21(19(2)32-23-9-5-3-7-20(23)29(37)38)27-24(16-18)33-25(17-31)28(34-27)36-13-11-35(12-14-36)26-10-6-4-8-22(26)30/h3-10,15-16,19,32H,11-14H2,1-2H3,(H,37,38)/t19-/m1/s1. The van der Waals surface area contributed by atoms with E-state index in [0.717, 1.165) is 11.1 Å². The Balaban J connectivity index is 1.48. The summed E-state index contributed by atoms with van der Waals surface area (Å²) in [4.78, 5) is 25.3. The van der Waals surface area contributed by atoms with Crippen LogP contribution in [0, 0.1) is 24.1 Å². The van der Waals surface area contributed by atoms with Crippen molar-refractivity contribution in [1.82, 2.24) is 9.97 Å². The monoisotopic (exact) mass is 510 g/mol. The van der Waals surface area contributed by atoms with E-state index in [0.29, 0.717) is 54.4 Å². The van der Waals surface area contributed by atoms with Gasteiger partial charge in [0.15, 0.2) is 11.5 Å². The molecule has 192 valence electrons. The molecule has 1 saturated heterocycles. The molecule has 0 radical (unpaired) electrons. The first-order valence-corrected chi connectivity index (χ1v) is 12.4. The summed E-state index contributed by atoms with van der Waals surface area (Å²) in [5.41, 5.74) is 4.55. The fourth-order valence-corrected chi connectivity index (χ4v) is 4.92. The number of halogens is 1. The van der Waals surface area contributed by atoms with E-state index in [1.165, 1.54) is 6.07 Å². The number of nitrogens with one attached hydrogen (secondary N) is 1. The molecule has 2 N–H and O–H groups in total. The van der Waals surface area contributed by atoms with Gasteiger partial charge < -0.3 is 20.2 Å². The van der Waals surface area contributed by atoms with E-state index in [-0.39, 0.29) is 23.1 Å². The Morgan fingerprint density at radius 3 is 2.45 bits per heavy atom. The molecule has 1 aliphatic rings.